The molecule has 1 aromatic carbocycles. The van der Waals surface area contributed by atoms with Crippen molar-refractivity contribution < 1.29 is 8.42 Å². The summed E-state index contributed by atoms with van der Waals surface area (Å²) in [5, 5.41) is 5.76. The maximum absolute atomic E-state index is 11.6. The van der Waals surface area contributed by atoms with E-state index in [-0.39, 0.29) is 10.8 Å². The molecule has 0 spiro atoms. The number of hydrogen-bond donors (Lipinski definition) is 1. The van der Waals surface area contributed by atoms with Crippen molar-refractivity contribution in [1.82, 2.24) is 4.98 Å². The molecule has 0 amide bonds. The van der Waals surface area contributed by atoms with E-state index in [2.05, 4.69) is 27.6 Å². The van der Waals surface area contributed by atoms with Crippen LogP contribution in [0, 0.1) is 3.57 Å². The lowest BCUT2D eigenvalue weighted by atomic mass is 9.95. The van der Waals surface area contributed by atoms with E-state index in [1.54, 1.807) is 24.4 Å². The van der Waals surface area contributed by atoms with Gasteiger partial charge in [0, 0.05) is 15.3 Å². The van der Waals surface area contributed by atoms with E-state index in [9.17, 15) is 8.42 Å². The maximum Gasteiger partial charge on any atom is 0.238 e. The Morgan fingerprint density at radius 3 is 2.48 bits per heavy atom. The molecular formula is C14H14ClIN2O2S. The number of sulfonamides is 1. The Morgan fingerprint density at radius 2 is 1.95 bits per heavy atom. The van der Waals surface area contributed by atoms with Crippen LogP contribution in [-0.4, -0.2) is 13.4 Å². The second kappa shape index (κ2) is 6.20. The predicted molar refractivity (Wildman–Crippen MR) is 92.9 cm³/mol. The molecule has 0 saturated carbocycles. The second-order valence-corrected chi connectivity index (χ2v) is 8.09. The van der Waals surface area contributed by atoms with Crippen LogP contribution in [0.25, 0.3) is 11.3 Å². The van der Waals surface area contributed by atoms with Crippen LogP contribution in [0.2, 0.25) is 5.02 Å². The number of hydrogen-bond acceptors (Lipinski definition) is 3. The minimum Gasteiger partial charge on any atom is -0.254 e. The Bertz CT molecular complexity index is 792. The minimum absolute atomic E-state index is 0.0782. The molecule has 2 aromatic rings. The van der Waals surface area contributed by atoms with Crippen molar-refractivity contribution in [3.8, 4) is 11.3 Å². The van der Waals surface area contributed by atoms with Gasteiger partial charge in [-0.2, -0.15) is 0 Å². The molecule has 4 nitrogen and oxygen atoms in total. The van der Waals surface area contributed by atoms with Crippen molar-refractivity contribution in [2.45, 2.75) is 24.7 Å². The number of nitrogens with two attached hydrogens (primary N) is 1. The van der Waals surface area contributed by atoms with Crippen LogP contribution in [0.15, 0.2) is 35.4 Å². The highest BCUT2D eigenvalue weighted by Crippen LogP contribution is 2.33. The highest BCUT2D eigenvalue weighted by molar-refractivity contribution is 14.1. The quantitative estimate of drug-likeness (QED) is 0.744. The number of primary sulfonamides is 1. The highest BCUT2D eigenvalue weighted by atomic mass is 127. The molecule has 0 fully saturated rings. The van der Waals surface area contributed by atoms with Crippen LogP contribution in [0.3, 0.4) is 0 Å². The summed E-state index contributed by atoms with van der Waals surface area (Å²) in [6.07, 6.45) is 1.55. The average molecular weight is 437 g/mol. The molecule has 0 saturated heterocycles. The monoisotopic (exact) mass is 436 g/mol. The summed E-state index contributed by atoms with van der Waals surface area (Å²) >= 11 is 8.06. The number of aromatic nitrogens is 1. The van der Waals surface area contributed by atoms with Crippen molar-refractivity contribution >= 4 is 44.2 Å². The fraction of sp³-hybridized carbons (Fsp3) is 0.214. The van der Waals surface area contributed by atoms with Crippen molar-refractivity contribution in [2.24, 2.45) is 5.14 Å². The van der Waals surface area contributed by atoms with Gasteiger partial charge < -0.3 is 0 Å². The number of halogens is 2. The summed E-state index contributed by atoms with van der Waals surface area (Å²) < 4.78 is 24.0. The lowest BCUT2D eigenvalue weighted by Gasteiger charge is -2.15. The molecule has 0 atom stereocenters. The number of nitrogens with zero attached hydrogens (tertiary/aromatic N) is 1. The van der Waals surface area contributed by atoms with Gasteiger partial charge in [0.25, 0.3) is 0 Å². The number of rotatable bonds is 3. The van der Waals surface area contributed by atoms with E-state index in [4.69, 9.17) is 16.7 Å². The zero-order chi connectivity index (χ0) is 15.8. The van der Waals surface area contributed by atoms with Crippen LogP contribution < -0.4 is 5.14 Å². The molecule has 7 heteroatoms. The Hall–Kier alpha value is -0.700. The van der Waals surface area contributed by atoms with Gasteiger partial charge in [-0.15, -0.1) is 0 Å². The Kier molecular flexibility index (Phi) is 4.92. The molecule has 0 aliphatic heterocycles. The summed E-state index contributed by atoms with van der Waals surface area (Å²) in [6, 6.07) is 6.67. The summed E-state index contributed by atoms with van der Waals surface area (Å²) in [4.78, 5) is 4.42. The Balaban J connectivity index is 2.75. The van der Waals surface area contributed by atoms with Gasteiger partial charge in [-0.3, -0.25) is 4.98 Å². The summed E-state index contributed by atoms with van der Waals surface area (Å²) in [5.74, 6) is 0.225. The molecule has 21 heavy (non-hydrogen) atoms. The zero-order valence-electron chi connectivity index (χ0n) is 11.5. The van der Waals surface area contributed by atoms with Crippen LogP contribution in [0.1, 0.15) is 25.3 Å². The Labute approximate surface area is 142 Å². The largest absolute Gasteiger partial charge is 0.254 e. The molecule has 112 valence electrons. The van der Waals surface area contributed by atoms with Crippen LogP contribution in [0.4, 0.5) is 0 Å². The molecular weight excluding hydrogens is 423 g/mol. The van der Waals surface area contributed by atoms with E-state index < -0.39 is 10.0 Å². The van der Waals surface area contributed by atoms with Gasteiger partial charge in [0.15, 0.2) is 0 Å². The molecule has 2 N–H and O–H groups in total. The average Bonchev–Trinajstić information content (AvgIpc) is 2.37. The van der Waals surface area contributed by atoms with Gasteiger partial charge in [-0.25, -0.2) is 13.6 Å². The molecule has 0 radical (unpaired) electrons. The molecule has 0 aliphatic rings. The smallest absolute Gasteiger partial charge is 0.238 e. The highest BCUT2D eigenvalue weighted by Gasteiger charge is 2.17. The molecule has 2 rings (SSSR count). The predicted octanol–water partition coefficient (Wildman–Crippen LogP) is 3.78. The van der Waals surface area contributed by atoms with E-state index in [0.29, 0.717) is 10.7 Å². The first kappa shape index (κ1) is 16.7. The third-order valence-corrected chi connectivity index (χ3v) is 4.98. The van der Waals surface area contributed by atoms with Crippen molar-refractivity contribution in [3.05, 3.63) is 44.6 Å². The second-order valence-electron chi connectivity index (χ2n) is 4.93. The van der Waals surface area contributed by atoms with Crippen LogP contribution in [0.5, 0.6) is 0 Å². The third-order valence-electron chi connectivity index (χ3n) is 3.04. The number of benzene rings is 1. The van der Waals surface area contributed by atoms with E-state index >= 15 is 0 Å². The normalized spacial score (nSPS) is 11.9. The topological polar surface area (TPSA) is 73.1 Å². The molecule has 0 bridgehead atoms. The van der Waals surface area contributed by atoms with Crippen molar-refractivity contribution in [1.29, 1.82) is 0 Å². The fourth-order valence-corrected chi connectivity index (χ4v) is 3.68. The zero-order valence-corrected chi connectivity index (χ0v) is 15.2. The Morgan fingerprint density at radius 1 is 1.29 bits per heavy atom. The van der Waals surface area contributed by atoms with Gasteiger partial charge in [0.1, 0.15) is 0 Å². The lowest BCUT2D eigenvalue weighted by Crippen LogP contribution is -2.12. The summed E-state index contributed by atoms with van der Waals surface area (Å²) in [5.41, 5.74) is 2.47. The van der Waals surface area contributed by atoms with Crippen LogP contribution in [-0.2, 0) is 10.0 Å². The molecule has 1 aromatic heterocycles. The molecule has 1 heterocycles. The number of pyridine rings is 1. The summed E-state index contributed by atoms with van der Waals surface area (Å²) in [7, 11) is -3.75. The van der Waals surface area contributed by atoms with Gasteiger partial charge in [-0.05, 0) is 52.3 Å². The third kappa shape index (κ3) is 3.74. The first-order chi connectivity index (χ1) is 9.70. The molecule has 0 aliphatic carbocycles. The van der Waals surface area contributed by atoms with Crippen molar-refractivity contribution in [2.75, 3.05) is 0 Å². The molecule has 0 unspecified atom stereocenters. The van der Waals surface area contributed by atoms with Crippen molar-refractivity contribution in [3.63, 3.8) is 0 Å². The first-order valence-electron chi connectivity index (χ1n) is 6.18. The first-order valence-corrected chi connectivity index (χ1v) is 9.18. The van der Waals surface area contributed by atoms with Crippen LogP contribution >= 0.6 is 34.2 Å². The maximum atomic E-state index is 11.6. The van der Waals surface area contributed by atoms with E-state index in [0.717, 1.165) is 14.7 Å². The van der Waals surface area contributed by atoms with Gasteiger partial charge in [0.2, 0.25) is 10.0 Å². The SMILES string of the molecule is CC(C)c1ccc(S(N)(=O)=O)cc1-c1ncc(Cl)cc1I. The van der Waals surface area contributed by atoms with Gasteiger partial charge in [0.05, 0.1) is 15.6 Å². The fourth-order valence-electron chi connectivity index (χ4n) is 2.03. The lowest BCUT2D eigenvalue weighted by molar-refractivity contribution is 0.597. The van der Waals surface area contributed by atoms with E-state index in [1.807, 2.05) is 13.8 Å². The van der Waals surface area contributed by atoms with Gasteiger partial charge in [-0.1, -0.05) is 31.5 Å². The standard InChI is InChI=1S/C14H14ClIN2O2S/c1-8(2)11-4-3-10(21(17,19)20)6-12(11)14-13(16)5-9(15)7-18-14/h3-8H,1-2H3,(H2,17,19,20). The summed E-state index contributed by atoms with van der Waals surface area (Å²) in [6.45, 7) is 4.08. The minimum atomic E-state index is -3.75. The van der Waals surface area contributed by atoms with Gasteiger partial charge >= 0.3 is 0 Å². The van der Waals surface area contributed by atoms with E-state index in [1.165, 1.54) is 6.07 Å².